The highest BCUT2D eigenvalue weighted by atomic mass is 35.5. The number of hydrogen-bond donors (Lipinski definition) is 0. The second-order valence-corrected chi connectivity index (χ2v) is 4.48. The van der Waals surface area contributed by atoms with Gasteiger partial charge in [0, 0.05) is 0 Å². The molecule has 0 rings (SSSR count). The van der Waals surface area contributed by atoms with Crippen molar-refractivity contribution in [1.29, 1.82) is 0 Å². The lowest BCUT2D eigenvalue weighted by atomic mass is 10.1. The first-order chi connectivity index (χ1) is 9.13. The highest BCUT2D eigenvalue weighted by Gasteiger charge is 2.75. The molecule has 21 heavy (non-hydrogen) atoms. The van der Waals surface area contributed by atoms with E-state index in [9.17, 15) is 44.3 Å². The molecule has 0 aliphatic heterocycles. The molecule has 1 atom stereocenters. The summed E-state index contributed by atoms with van der Waals surface area (Å²) in [6.07, 6.45) is -5.12. The van der Waals surface area contributed by atoms with Crippen LogP contribution in [0.1, 0.15) is 0 Å². The quantitative estimate of drug-likeness (QED) is 0.384. The van der Waals surface area contributed by atoms with Gasteiger partial charge in [-0.25, -0.2) is 18.0 Å². The van der Waals surface area contributed by atoms with Crippen LogP contribution in [-0.4, -0.2) is 47.8 Å². The summed E-state index contributed by atoms with van der Waals surface area (Å²) in [7, 11) is 0. The van der Waals surface area contributed by atoms with Gasteiger partial charge >= 0.3 is 30.2 Å². The van der Waals surface area contributed by atoms with Crippen molar-refractivity contribution in [2.75, 3.05) is 12.5 Å². The summed E-state index contributed by atoms with van der Waals surface area (Å²) in [5.41, 5.74) is 0. The molecule has 0 bridgehead atoms. The van der Waals surface area contributed by atoms with Crippen LogP contribution in [0.25, 0.3) is 0 Å². The molecule has 13 heteroatoms. The first-order valence-corrected chi connectivity index (χ1v) is 5.57. The fourth-order valence-electron chi connectivity index (χ4n) is 0.788. The van der Waals surface area contributed by atoms with Gasteiger partial charge in [0.2, 0.25) is 0 Å². The van der Waals surface area contributed by atoms with Crippen LogP contribution in [0, 0.1) is 0 Å². The topological polar surface area (TPSA) is 26.3 Å². The van der Waals surface area contributed by atoms with Crippen LogP contribution in [0.5, 0.6) is 0 Å². The Hall–Kier alpha value is -0.580. The standard InChI is InChI=1S/C8H5Cl2F9O2/c9-1-5(10,13)4(20)21-2-6(14,15)8(18,19)7(16,17)3(11)12/h3H,1-2H2. The molecule has 126 valence electrons. The first-order valence-electron chi connectivity index (χ1n) is 4.66. The third-order valence-corrected chi connectivity index (χ3v) is 2.80. The highest BCUT2D eigenvalue weighted by molar-refractivity contribution is 6.37. The van der Waals surface area contributed by atoms with E-state index in [1.165, 1.54) is 0 Å². The van der Waals surface area contributed by atoms with Gasteiger partial charge in [-0.2, -0.15) is 26.3 Å². The molecule has 0 aliphatic carbocycles. The van der Waals surface area contributed by atoms with Gasteiger partial charge in [-0.05, 0) is 0 Å². The Kier molecular flexibility index (Phi) is 6.10. The van der Waals surface area contributed by atoms with Gasteiger partial charge in [0.1, 0.15) is 0 Å². The monoisotopic (exact) mass is 374 g/mol. The minimum Gasteiger partial charge on any atom is -0.456 e. The van der Waals surface area contributed by atoms with Crippen molar-refractivity contribution in [1.82, 2.24) is 0 Å². The summed E-state index contributed by atoms with van der Waals surface area (Å²) in [6.45, 7) is -2.81. The van der Waals surface area contributed by atoms with E-state index >= 15 is 0 Å². The van der Waals surface area contributed by atoms with Crippen molar-refractivity contribution < 1.29 is 49.0 Å². The summed E-state index contributed by atoms with van der Waals surface area (Å²) in [5, 5.41) is -3.57. The Morgan fingerprint density at radius 2 is 1.48 bits per heavy atom. The number of ether oxygens (including phenoxy) is 1. The van der Waals surface area contributed by atoms with Gasteiger partial charge in [-0.15, -0.1) is 11.6 Å². The van der Waals surface area contributed by atoms with E-state index < -0.39 is 47.8 Å². The van der Waals surface area contributed by atoms with Crippen molar-refractivity contribution in [3.63, 3.8) is 0 Å². The molecule has 0 radical (unpaired) electrons. The molecule has 0 saturated carbocycles. The molecule has 0 amide bonds. The molecule has 1 unspecified atom stereocenters. The lowest BCUT2D eigenvalue weighted by molar-refractivity contribution is -0.344. The van der Waals surface area contributed by atoms with Crippen LogP contribution in [-0.2, 0) is 9.53 Å². The largest absolute Gasteiger partial charge is 0.456 e. The van der Waals surface area contributed by atoms with E-state index in [0.29, 0.717) is 0 Å². The van der Waals surface area contributed by atoms with Crippen molar-refractivity contribution in [3.05, 3.63) is 0 Å². The van der Waals surface area contributed by atoms with Gasteiger partial charge in [-0.3, -0.25) is 0 Å². The molecule has 0 N–H and O–H groups in total. The van der Waals surface area contributed by atoms with Gasteiger partial charge in [-0.1, -0.05) is 11.6 Å². The highest BCUT2D eigenvalue weighted by Crippen LogP contribution is 2.48. The van der Waals surface area contributed by atoms with E-state index in [0.717, 1.165) is 0 Å². The SMILES string of the molecule is O=C(OCC(F)(F)C(F)(F)C(F)(F)C(F)F)C(F)(Cl)CCl. The number of carbonyl (C=O) groups is 1. The third kappa shape index (κ3) is 3.99. The van der Waals surface area contributed by atoms with E-state index in [4.69, 9.17) is 11.6 Å². The zero-order valence-electron chi connectivity index (χ0n) is 9.47. The number of rotatable bonds is 7. The van der Waals surface area contributed by atoms with Crippen LogP contribution in [0.4, 0.5) is 39.5 Å². The van der Waals surface area contributed by atoms with E-state index in [-0.39, 0.29) is 0 Å². The molecular weight excluding hydrogens is 370 g/mol. The summed E-state index contributed by atoms with van der Waals surface area (Å²) in [4.78, 5) is 10.7. The van der Waals surface area contributed by atoms with Crippen LogP contribution in [0.3, 0.4) is 0 Å². The van der Waals surface area contributed by atoms with Crippen LogP contribution in [0.15, 0.2) is 0 Å². The van der Waals surface area contributed by atoms with E-state index in [1.807, 2.05) is 0 Å². The lowest BCUT2D eigenvalue weighted by Gasteiger charge is -2.32. The summed E-state index contributed by atoms with van der Waals surface area (Å²) in [6, 6.07) is 0. The molecule has 2 nitrogen and oxygen atoms in total. The Morgan fingerprint density at radius 3 is 1.81 bits per heavy atom. The van der Waals surface area contributed by atoms with Gasteiger partial charge in [0.05, 0.1) is 5.88 Å². The second-order valence-electron chi connectivity index (χ2n) is 3.62. The minimum atomic E-state index is -6.57. The van der Waals surface area contributed by atoms with Crippen LogP contribution < -0.4 is 0 Å². The zero-order chi connectivity index (χ0) is 17.3. The number of alkyl halides is 11. The number of carbonyl (C=O) groups excluding carboxylic acids is 1. The summed E-state index contributed by atoms with van der Waals surface area (Å²) in [5.74, 6) is -22.6. The Balaban J connectivity index is 5.11. The lowest BCUT2D eigenvalue weighted by Crippen LogP contribution is -2.59. The molecular formula is C8H5Cl2F9O2. The fourth-order valence-corrected chi connectivity index (χ4v) is 0.951. The Labute approximate surface area is 121 Å². The second kappa shape index (κ2) is 6.27. The normalized spacial score (nSPS) is 16.8. The third-order valence-electron chi connectivity index (χ3n) is 2.00. The molecule has 0 aliphatic rings. The molecule has 0 fully saturated rings. The van der Waals surface area contributed by atoms with Crippen molar-refractivity contribution in [2.24, 2.45) is 0 Å². The molecule has 0 aromatic rings. The van der Waals surface area contributed by atoms with Crippen LogP contribution >= 0.6 is 23.2 Å². The van der Waals surface area contributed by atoms with Crippen molar-refractivity contribution in [3.8, 4) is 0 Å². The molecule has 0 aromatic carbocycles. The number of halogens is 11. The Morgan fingerprint density at radius 1 is 1.05 bits per heavy atom. The smallest absolute Gasteiger partial charge is 0.381 e. The number of esters is 1. The van der Waals surface area contributed by atoms with Crippen LogP contribution in [0.2, 0.25) is 0 Å². The van der Waals surface area contributed by atoms with Crippen molar-refractivity contribution >= 4 is 29.2 Å². The maximum absolute atomic E-state index is 12.9. The maximum Gasteiger partial charge on any atom is 0.381 e. The number of hydrogen-bond acceptors (Lipinski definition) is 2. The Bertz CT molecular complexity index is 386. The van der Waals surface area contributed by atoms with Gasteiger partial charge in [0.25, 0.3) is 5.13 Å². The molecule has 0 heterocycles. The van der Waals surface area contributed by atoms with Gasteiger partial charge < -0.3 is 4.74 Å². The predicted molar refractivity (Wildman–Crippen MR) is 52.2 cm³/mol. The first kappa shape index (κ1) is 20.4. The van der Waals surface area contributed by atoms with Crippen molar-refractivity contribution in [2.45, 2.75) is 29.3 Å². The fraction of sp³-hybridized carbons (Fsp3) is 0.875. The zero-order valence-corrected chi connectivity index (χ0v) is 11.0. The molecule has 0 spiro atoms. The average molecular weight is 375 g/mol. The summed E-state index contributed by atoms with van der Waals surface area (Å²) >= 11 is 9.46. The minimum absolute atomic E-state index is 1.33. The molecule has 0 aromatic heterocycles. The summed E-state index contributed by atoms with van der Waals surface area (Å²) < 4.78 is 116. The maximum atomic E-state index is 12.9. The predicted octanol–water partition coefficient (Wildman–Crippen LogP) is 3.84. The van der Waals surface area contributed by atoms with E-state index in [2.05, 4.69) is 16.3 Å². The van der Waals surface area contributed by atoms with Gasteiger partial charge in [0.15, 0.2) is 6.61 Å². The molecule has 0 saturated heterocycles. The van der Waals surface area contributed by atoms with E-state index in [1.54, 1.807) is 0 Å². The average Bonchev–Trinajstić information content (AvgIpc) is 2.35.